The van der Waals surface area contributed by atoms with E-state index in [1.54, 1.807) is 54.5 Å². The Morgan fingerprint density at radius 1 is 1.03 bits per heavy atom. The number of amides is 2. The van der Waals surface area contributed by atoms with E-state index in [4.69, 9.17) is 0 Å². The van der Waals surface area contributed by atoms with Crippen LogP contribution in [0.3, 0.4) is 0 Å². The average molecular weight is 417 g/mol. The fraction of sp³-hybridized carbons (Fsp3) is 0.240. The molecule has 5 nitrogen and oxygen atoms in total. The highest BCUT2D eigenvalue weighted by Gasteiger charge is 2.46. The number of nitrogens with zero attached hydrogens (tertiary/aromatic N) is 2. The van der Waals surface area contributed by atoms with Crippen LogP contribution in [0.15, 0.2) is 72.9 Å². The number of nitrogens with one attached hydrogen (secondary N) is 1. The van der Waals surface area contributed by atoms with Crippen molar-refractivity contribution in [2.24, 2.45) is 5.41 Å². The van der Waals surface area contributed by atoms with E-state index in [1.165, 1.54) is 6.07 Å². The molecule has 3 aromatic rings. The molecular formula is C25H24FN3O2. The zero-order valence-corrected chi connectivity index (χ0v) is 17.3. The van der Waals surface area contributed by atoms with Crippen LogP contribution in [0.1, 0.15) is 22.5 Å². The number of likely N-dealkylation sites (tertiary alicyclic amines) is 1. The van der Waals surface area contributed by atoms with Gasteiger partial charge in [0.15, 0.2) is 0 Å². The predicted molar refractivity (Wildman–Crippen MR) is 117 cm³/mol. The van der Waals surface area contributed by atoms with Gasteiger partial charge in [0.2, 0.25) is 5.91 Å². The van der Waals surface area contributed by atoms with Crippen LogP contribution in [0.25, 0.3) is 11.1 Å². The number of rotatable bonds is 5. The Labute approximate surface area is 180 Å². The molecule has 4 rings (SSSR count). The lowest BCUT2D eigenvalue weighted by molar-refractivity contribution is -0.129. The van der Waals surface area contributed by atoms with Crippen molar-refractivity contribution in [2.75, 3.05) is 20.1 Å². The van der Waals surface area contributed by atoms with E-state index in [1.807, 2.05) is 24.3 Å². The van der Waals surface area contributed by atoms with Crippen LogP contribution in [0.4, 0.5) is 4.39 Å². The molecule has 2 aromatic carbocycles. The van der Waals surface area contributed by atoms with Gasteiger partial charge in [-0.05, 0) is 42.2 Å². The van der Waals surface area contributed by atoms with Crippen molar-refractivity contribution in [1.29, 1.82) is 0 Å². The van der Waals surface area contributed by atoms with Crippen LogP contribution in [0.2, 0.25) is 0 Å². The number of hydrogen-bond acceptors (Lipinski definition) is 3. The zero-order valence-electron chi connectivity index (χ0n) is 17.3. The molecule has 0 bridgehead atoms. The summed E-state index contributed by atoms with van der Waals surface area (Å²) in [6, 6.07) is 19.4. The van der Waals surface area contributed by atoms with Gasteiger partial charge in [0.05, 0.1) is 5.41 Å². The molecule has 0 radical (unpaired) electrons. The van der Waals surface area contributed by atoms with E-state index in [9.17, 15) is 14.0 Å². The van der Waals surface area contributed by atoms with Gasteiger partial charge in [-0.15, -0.1) is 0 Å². The van der Waals surface area contributed by atoms with Gasteiger partial charge in [-0.25, -0.2) is 4.39 Å². The van der Waals surface area contributed by atoms with Gasteiger partial charge in [-0.3, -0.25) is 14.6 Å². The Morgan fingerprint density at radius 3 is 2.45 bits per heavy atom. The summed E-state index contributed by atoms with van der Waals surface area (Å²) in [6.07, 6.45) is 2.51. The van der Waals surface area contributed by atoms with E-state index < -0.39 is 5.41 Å². The fourth-order valence-electron chi connectivity index (χ4n) is 4.35. The highest BCUT2D eigenvalue weighted by Crippen LogP contribution is 2.38. The number of aromatic nitrogens is 1. The minimum Gasteiger partial charge on any atom is -0.359 e. The molecule has 0 saturated carbocycles. The SMILES string of the molecule is CNC(=O)C1(Cc2ccccc2-c2ccccc2F)CCN(C(=O)c2ccccn2)C1. The largest absolute Gasteiger partial charge is 0.359 e. The van der Waals surface area contributed by atoms with Gasteiger partial charge >= 0.3 is 0 Å². The van der Waals surface area contributed by atoms with Crippen LogP contribution in [0.5, 0.6) is 0 Å². The summed E-state index contributed by atoms with van der Waals surface area (Å²) in [6.45, 7) is 0.748. The third-order valence-corrected chi connectivity index (χ3v) is 5.94. The molecule has 1 aliphatic rings. The molecule has 158 valence electrons. The first-order valence-corrected chi connectivity index (χ1v) is 10.3. The quantitative estimate of drug-likeness (QED) is 0.689. The molecule has 1 saturated heterocycles. The van der Waals surface area contributed by atoms with Crippen molar-refractivity contribution < 1.29 is 14.0 Å². The summed E-state index contributed by atoms with van der Waals surface area (Å²) < 4.78 is 14.5. The van der Waals surface area contributed by atoms with Gasteiger partial charge in [-0.2, -0.15) is 0 Å². The molecule has 2 amide bonds. The minimum atomic E-state index is -0.791. The third kappa shape index (κ3) is 4.06. The first-order valence-electron chi connectivity index (χ1n) is 10.3. The molecule has 31 heavy (non-hydrogen) atoms. The lowest BCUT2D eigenvalue weighted by Crippen LogP contribution is -2.44. The normalized spacial score (nSPS) is 18.1. The van der Waals surface area contributed by atoms with Crippen molar-refractivity contribution in [3.05, 3.63) is 90.0 Å². The van der Waals surface area contributed by atoms with Gasteiger partial charge in [0.1, 0.15) is 11.5 Å². The van der Waals surface area contributed by atoms with Gasteiger partial charge in [0.25, 0.3) is 5.91 Å². The summed E-state index contributed by atoms with van der Waals surface area (Å²) in [7, 11) is 1.61. The predicted octanol–water partition coefficient (Wildman–Crippen LogP) is 3.71. The summed E-state index contributed by atoms with van der Waals surface area (Å²) in [4.78, 5) is 31.8. The Balaban J connectivity index is 1.66. The maximum absolute atomic E-state index is 14.5. The number of halogens is 1. The molecule has 0 spiro atoms. The second kappa shape index (κ2) is 8.68. The second-order valence-electron chi connectivity index (χ2n) is 7.86. The topological polar surface area (TPSA) is 62.3 Å². The zero-order chi connectivity index (χ0) is 21.8. The smallest absolute Gasteiger partial charge is 0.272 e. The highest BCUT2D eigenvalue weighted by atomic mass is 19.1. The van der Waals surface area contributed by atoms with Crippen LogP contribution < -0.4 is 5.32 Å². The number of carbonyl (C=O) groups excluding carboxylic acids is 2. The standard InChI is InChI=1S/C25H24FN3O2/c1-27-24(31)25(13-15-29(17-25)23(30)22-12-6-7-14-28-22)16-18-8-2-3-9-19(18)20-10-4-5-11-21(20)26/h2-12,14H,13,15-17H2,1H3,(H,27,31). The molecule has 1 atom stereocenters. The van der Waals surface area contributed by atoms with Crippen LogP contribution in [-0.4, -0.2) is 41.8 Å². The fourth-order valence-corrected chi connectivity index (χ4v) is 4.35. The molecule has 1 N–H and O–H groups in total. The monoisotopic (exact) mass is 417 g/mol. The maximum Gasteiger partial charge on any atom is 0.272 e. The lowest BCUT2D eigenvalue weighted by atomic mass is 9.78. The van der Waals surface area contributed by atoms with Crippen molar-refractivity contribution in [3.63, 3.8) is 0 Å². The maximum atomic E-state index is 14.5. The van der Waals surface area contributed by atoms with E-state index in [-0.39, 0.29) is 24.2 Å². The number of hydrogen-bond donors (Lipinski definition) is 1. The summed E-state index contributed by atoms with van der Waals surface area (Å²) in [5, 5.41) is 2.77. The number of benzene rings is 2. The first kappa shape index (κ1) is 20.7. The third-order valence-electron chi connectivity index (χ3n) is 5.94. The lowest BCUT2D eigenvalue weighted by Gasteiger charge is -2.28. The Bertz CT molecular complexity index is 1100. The van der Waals surface area contributed by atoms with Gasteiger partial charge in [-0.1, -0.05) is 48.5 Å². The number of carbonyl (C=O) groups is 2. The van der Waals surface area contributed by atoms with Crippen LogP contribution in [0, 0.1) is 11.2 Å². The summed E-state index contributed by atoms with van der Waals surface area (Å²) in [5.74, 6) is -0.608. The molecule has 6 heteroatoms. The van der Waals surface area contributed by atoms with E-state index in [0.29, 0.717) is 30.6 Å². The highest BCUT2D eigenvalue weighted by molar-refractivity contribution is 5.94. The van der Waals surface area contributed by atoms with E-state index >= 15 is 0 Å². The first-order chi connectivity index (χ1) is 15.0. The van der Waals surface area contributed by atoms with Crippen LogP contribution >= 0.6 is 0 Å². The van der Waals surface area contributed by atoms with Crippen molar-refractivity contribution in [1.82, 2.24) is 15.2 Å². The Kier molecular flexibility index (Phi) is 5.80. The average Bonchev–Trinajstić information content (AvgIpc) is 3.24. The molecule has 1 aromatic heterocycles. The molecule has 1 fully saturated rings. The van der Waals surface area contributed by atoms with Crippen LogP contribution in [-0.2, 0) is 11.2 Å². The number of pyridine rings is 1. The van der Waals surface area contributed by atoms with Crippen molar-refractivity contribution >= 4 is 11.8 Å². The Morgan fingerprint density at radius 2 is 1.74 bits per heavy atom. The van der Waals surface area contributed by atoms with E-state index in [2.05, 4.69) is 10.3 Å². The second-order valence-corrected chi connectivity index (χ2v) is 7.86. The van der Waals surface area contributed by atoms with Gasteiger partial charge in [0, 0.05) is 31.9 Å². The summed E-state index contributed by atoms with van der Waals surface area (Å²) in [5.41, 5.74) is 1.72. The minimum absolute atomic E-state index is 0.118. The van der Waals surface area contributed by atoms with E-state index in [0.717, 1.165) is 11.1 Å². The van der Waals surface area contributed by atoms with Crippen molar-refractivity contribution in [3.8, 4) is 11.1 Å². The Hall–Kier alpha value is -3.54. The summed E-state index contributed by atoms with van der Waals surface area (Å²) >= 11 is 0. The van der Waals surface area contributed by atoms with Crippen molar-refractivity contribution in [2.45, 2.75) is 12.8 Å². The molecule has 0 aliphatic carbocycles. The molecule has 1 aliphatic heterocycles. The molecular weight excluding hydrogens is 393 g/mol. The van der Waals surface area contributed by atoms with Gasteiger partial charge < -0.3 is 10.2 Å². The molecule has 2 heterocycles. The molecule has 1 unspecified atom stereocenters.